The van der Waals surface area contributed by atoms with E-state index < -0.39 is 21.7 Å². The molecule has 10 nitrogen and oxygen atoms in total. The van der Waals surface area contributed by atoms with E-state index in [-0.39, 0.29) is 22.6 Å². The first kappa shape index (κ1) is 27.1. The molecule has 0 bridgehead atoms. The maximum Gasteiger partial charge on any atom is 0.255 e. The molecule has 6 rings (SSSR count). The monoisotopic (exact) mass is 584 g/mol. The van der Waals surface area contributed by atoms with Gasteiger partial charge in [0.1, 0.15) is 22.8 Å². The quantitative estimate of drug-likeness (QED) is 0.292. The molecule has 0 saturated carbocycles. The van der Waals surface area contributed by atoms with Crippen molar-refractivity contribution in [2.75, 3.05) is 24.7 Å². The van der Waals surface area contributed by atoms with Gasteiger partial charge in [0.05, 0.1) is 35.1 Å². The third kappa shape index (κ3) is 4.55. The number of fused-ring (bicyclic) bond motifs is 2. The number of furan rings is 1. The van der Waals surface area contributed by atoms with Gasteiger partial charge in [0.2, 0.25) is 10.0 Å². The normalized spacial score (nSPS) is 11.7. The molecule has 0 atom stereocenters. The molecule has 6 aromatic rings. The maximum atomic E-state index is 13.7. The molecule has 0 aliphatic heterocycles. The number of benzene rings is 2. The average molecular weight is 585 g/mol. The number of aryl methyl sites for hydroxylation is 1. The van der Waals surface area contributed by atoms with Crippen LogP contribution in [0.3, 0.4) is 0 Å². The molecular weight excluding hydrogens is 559 g/mol. The molecule has 0 saturated heterocycles. The molecule has 0 radical (unpaired) electrons. The van der Waals surface area contributed by atoms with Gasteiger partial charge in [-0.15, -0.1) is 0 Å². The minimum Gasteiger partial charge on any atom is -0.455 e. The second-order valence-electron chi connectivity index (χ2n) is 9.82. The molecule has 4 aromatic heterocycles. The van der Waals surface area contributed by atoms with Gasteiger partial charge in [-0.05, 0) is 54.6 Å². The Morgan fingerprint density at radius 2 is 1.83 bits per heavy atom. The number of pyridine rings is 1. The third-order valence-electron chi connectivity index (χ3n) is 7.22. The SMILES string of the molecule is CNC(=O)c1c(-c2ccc(F)cc2)oc2cc(N(C)S(C)(=O)=O)c(-c3cc(-c4cc5cccnc5n4C)cnn3)cc12. The molecule has 2 aromatic carbocycles. The summed E-state index contributed by atoms with van der Waals surface area (Å²) in [5, 5.41) is 12.6. The summed E-state index contributed by atoms with van der Waals surface area (Å²) in [6.07, 6.45) is 4.43. The van der Waals surface area contributed by atoms with Crippen molar-refractivity contribution >= 4 is 43.6 Å². The molecule has 0 spiro atoms. The summed E-state index contributed by atoms with van der Waals surface area (Å²) in [5.41, 5.74) is 4.42. The van der Waals surface area contributed by atoms with E-state index in [9.17, 15) is 17.6 Å². The van der Waals surface area contributed by atoms with E-state index in [2.05, 4.69) is 20.5 Å². The number of nitrogens with one attached hydrogen (secondary N) is 1. The standard InChI is InChI=1S/C30H25FN6O4S/c1-32-30(38)27-22-14-21(23-12-19(16-34-35-23)24-13-18-6-5-11-33-29(18)36(24)2)25(37(3)42(4,39)40)15-26(22)41-28(27)17-7-9-20(31)10-8-17/h5-16H,1-4H3,(H,32,38). The first-order chi connectivity index (χ1) is 20.1. The van der Waals surface area contributed by atoms with Gasteiger partial charge in [0.15, 0.2) is 0 Å². The highest BCUT2D eigenvalue weighted by Crippen LogP contribution is 2.41. The van der Waals surface area contributed by atoms with Crippen LogP contribution in [0.5, 0.6) is 0 Å². The van der Waals surface area contributed by atoms with Crippen LogP contribution in [-0.2, 0) is 17.1 Å². The second kappa shape index (κ2) is 10.1. The van der Waals surface area contributed by atoms with Crippen LogP contribution in [0.4, 0.5) is 10.1 Å². The number of nitrogens with zero attached hydrogens (tertiary/aromatic N) is 5. The summed E-state index contributed by atoms with van der Waals surface area (Å²) in [6.45, 7) is 0. The first-order valence-electron chi connectivity index (χ1n) is 12.8. The van der Waals surface area contributed by atoms with Crippen LogP contribution in [0.1, 0.15) is 10.4 Å². The number of rotatable bonds is 6. The minimum atomic E-state index is -3.71. The lowest BCUT2D eigenvalue weighted by Crippen LogP contribution is -2.25. The minimum absolute atomic E-state index is 0.220. The highest BCUT2D eigenvalue weighted by atomic mass is 32.2. The number of amides is 1. The molecule has 1 amide bonds. The summed E-state index contributed by atoms with van der Waals surface area (Å²) in [7, 11) is 1.11. The Morgan fingerprint density at radius 1 is 1.07 bits per heavy atom. The molecule has 0 unspecified atom stereocenters. The van der Waals surface area contributed by atoms with Crippen molar-refractivity contribution in [1.82, 2.24) is 25.1 Å². The zero-order chi connectivity index (χ0) is 29.8. The number of carbonyl (C=O) groups is 1. The van der Waals surface area contributed by atoms with Gasteiger partial charge >= 0.3 is 0 Å². The Kier molecular flexibility index (Phi) is 6.49. The zero-order valence-electron chi connectivity index (χ0n) is 23.1. The van der Waals surface area contributed by atoms with Gasteiger partial charge < -0.3 is 14.3 Å². The lowest BCUT2D eigenvalue weighted by molar-refractivity contribution is 0.0964. The van der Waals surface area contributed by atoms with E-state index in [1.807, 2.05) is 35.9 Å². The Morgan fingerprint density at radius 3 is 2.52 bits per heavy atom. The van der Waals surface area contributed by atoms with Gasteiger partial charge in [0, 0.05) is 60.9 Å². The van der Waals surface area contributed by atoms with Gasteiger partial charge in [-0.25, -0.2) is 17.8 Å². The van der Waals surface area contributed by atoms with Crippen molar-refractivity contribution in [3.05, 3.63) is 84.4 Å². The Hall–Kier alpha value is -5.10. The van der Waals surface area contributed by atoms with Crippen molar-refractivity contribution in [3.8, 4) is 33.8 Å². The molecule has 0 aliphatic rings. The van der Waals surface area contributed by atoms with Crippen LogP contribution < -0.4 is 9.62 Å². The smallest absolute Gasteiger partial charge is 0.255 e. The predicted molar refractivity (Wildman–Crippen MR) is 159 cm³/mol. The van der Waals surface area contributed by atoms with Crippen LogP contribution in [0.2, 0.25) is 0 Å². The molecule has 42 heavy (non-hydrogen) atoms. The zero-order valence-corrected chi connectivity index (χ0v) is 23.9. The number of halogens is 1. The van der Waals surface area contributed by atoms with E-state index in [1.54, 1.807) is 24.5 Å². The lowest BCUT2D eigenvalue weighted by Gasteiger charge is -2.20. The third-order valence-corrected chi connectivity index (χ3v) is 8.41. The van der Waals surface area contributed by atoms with Crippen molar-refractivity contribution in [2.45, 2.75) is 0 Å². The molecular formula is C30H25FN6O4S. The van der Waals surface area contributed by atoms with Crippen LogP contribution in [-0.4, -0.2) is 54.4 Å². The Balaban J connectivity index is 1.62. The fourth-order valence-electron chi connectivity index (χ4n) is 5.01. The number of aromatic nitrogens is 4. The van der Waals surface area contributed by atoms with Gasteiger partial charge in [-0.2, -0.15) is 10.2 Å². The van der Waals surface area contributed by atoms with E-state index >= 15 is 0 Å². The number of carbonyl (C=O) groups excluding carboxylic acids is 1. The van der Waals surface area contributed by atoms with Crippen molar-refractivity contribution in [1.29, 1.82) is 0 Å². The van der Waals surface area contributed by atoms with Crippen molar-refractivity contribution < 1.29 is 22.0 Å². The second-order valence-corrected chi connectivity index (χ2v) is 11.8. The number of hydrogen-bond acceptors (Lipinski definition) is 7. The molecule has 4 heterocycles. The summed E-state index contributed by atoms with van der Waals surface area (Å²) in [4.78, 5) is 17.6. The highest BCUT2D eigenvalue weighted by Gasteiger charge is 2.26. The topological polar surface area (TPSA) is 123 Å². The van der Waals surface area contributed by atoms with E-state index in [1.165, 1.54) is 38.4 Å². The van der Waals surface area contributed by atoms with Crippen molar-refractivity contribution in [3.63, 3.8) is 0 Å². The van der Waals surface area contributed by atoms with Crippen LogP contribution >= 0.6 is 0 Å². The van der Waals surface area contributed by atoms with Crippen LogP contribution in [0.25, 0.3) is 55.8 Å². The molecule has 12 heteroatoms. The molecule has 212 valence electrons. The fraction of sp³-hybridized carbons (Fsp3) is 0.133. The van der Waals surface area contributed by atoms with Crippen molar-refractivity contribution in [2.24, 2.45) is 7.05 Å². The Labute approximate surface area is 240 Å². The Bertz CT molecular complexity index is 2120. The fourth-order valence-corrected chi connectivity index (χ4v) is 5.52. The first-order valence-corrected chi connectivity index (χ1v) is 14.7. The summed E-state index contributed by atoms with van der Waals surface area (Å²) in [6, 6.07) is 16.4. The van der Waals surface area contributed by atoms with Gasteiger partial charge in [-0.1, -0.05) is 0 Å². The molecule has 0 aliphatic carbocycles. The number of sulfonamides is 1. The summed E-state index contributed by atoms with van der Waals surface area (Å²) in [5.74, 6) is -0.639. The summed E-state index contributed by atoms with van der Waals surface area (Å²) < 4.78 is 48.3. The van der Waals surface area contributed by atoms with E-state index in [0.29, 0.717) is 22.2 Å². The van der Waals surface area contributed by atoms with Crippen LogP contribution in [0.15, 0.2) is 77.5 Å². The van der Waals surface area contributed by atoms with Gasteiger partial charge in [-0.3, -0.25) is 9.10 Å². The largest absolute Gasteiger partial charge is 0.455 e. The summed E-state index contributed by atoms with van der Waals surface area (Å²) >= 11 is 0. The molecule has 1 N–H and O–H groups in total. The number of hydrogen-bond donors (Lipinski definition) is 1. The van der Waals surface area contributed by atoms with Gasteiger partial charge in [0.25, 0.3) is 5.91 Å². The maximum absolute atomic E-state index is 13.7. The lowest BCUT2D eigenvalue weighted by atomic mass is 10.00. The number of anilines is 1. The van der Waals surface area contributed by atoms with E-state index in [4.69, 9.17) is 4.42 Å². The highest BCUT2D eigenvalue weighted by molar-refractivity contribution is 7.92. The van der Waals surface area contributed by atoms with E-state index in [0.717, 1.165) is 32.9 Å². The van der Waals surface area contributed by atoms with Crippen LogP contribution in [0, 0.1) is 5.82 Å². The molecule has 0 fully saturated rings. The average Bonchev–Trinajstić information content (AvgIpc) is 3.53. The predicted octanol–water partition coefficient (Wildman–Crippen LogP) is 5.01.